The number of hydrogen-bond donors (Lipinski definition) is 1. The van der Waals surface area contributed by atoms with Gasteiger partial charge in [-0.25, -0.2) is 0 Å². The smallest absolute Gasteiger partial charge is 0.0646 e. The fraction of sp³-hybridized carbons (Fsp3) is 0.714. The number of rotatable bonds is 3. The third-order valence-corrected chi connectivity index (χ3v) is 1.62. The third kappa shape index (κ3) is 1.53. The molecule has 1 fully saturated rings. The molecular formula is C7H12O2. The van der Waals surface area contributed by atoms with Gasteiger partial charge in [-0.3, -0.25) is 0 Å². The van der Waals surface area contributed by atoms with Crippen molar-refractivity contribution in [1.82, 2.24) is 0 Å². The Hall–Kier alpha value is -0.340. The van der Waals surface area contributed by atoms with Crippen LogP contribution in [-0.4, -0.2) is 24.4 Å². The Bertz CT molecular complexity index is 97.1. The van der Waals surface area contributed by atoms with Gasteiger partial charge in [-0.2, -0.15) is 0 Å². The van der Waals surface area contributed by atoms with E-state index in [0.717, 1.165) is 13.2 Å². The van der Waals surface area contributed by atoms with Crippen LogP contribution in [0.2, 0.25) is 0 Å². The van der Waals surface area contributed by atoms with Crippen LogP contribution in [0.4, 0.5) is 0 Å². The number of aliphatic hydroxyl groups is 1. The first-order valence-corrected chi connectivity index (χ1v) is 3.21. The second-order valence-electron chi connectivity index (χ2n) is 2.39. The van der Waals surface area contributed by atoms with Crippen molar-refractivity contribution in [1.29, 1.82) is 0 Å². The standard InChI is InChI=1S/C7H12O2/c1-2-3-7(8)6-4-9-5-6/h2,6-8H,1,3-5H2. The highest BCUT2D eigenvalue weighted by Crippen LogP contribution is 2.16. The summed E-state index contributed by atoms with van der Waals surface area (Å²) in [7, 11) is 0. The minimum absolute atomic E-state index is 0.226. The maximum atomic E-state index is 9.22. The van der Waals surface area contributed by atoms with Gasteiger partial charge in [0.2, 0.25) is 0 Å². The fourth-order valence-corrected chi connectivity index (χ4v) is 0.839. The summed E-state index contributed by atoms with van der Waals surface area (Å²) in [5.41, 5.74) is 0. The summed E-state index contributed by atoms with van der Waals surface area (Å²) in [5, 5.41) is 9.22. The van der Waals surface area contributed by atoms with Gasteiger partial charge in [-0.1, -0.05) is 6.08 Å². The first kappa shape index (κ1) is 6.78. The van der Waals surface area contributed by atoms with Gasteiger partial charge in [-0.05, 0) is 6.42 Å². The molecule has 0 aromatic heterocycles. The minimum Gasteiger partial charge on any atom is -0.392 e. The number of hydrogen-bond acceptors (Lipinski definition) is 2. The molecule has 0 aromatic carbocycles. The van der Waals surface area contributed by atoms with Crippen LogP contribution in [0.1, 0.15) is 6.42 Å². The SMILES string of the molecule is C=CCC(O)C1COC1. The molecule has 1 aliphatic rings. The first-order chi connectivity index (χ1) is 4.34. The van der Waals surface area contributed by atoms with Gasteiger partial charge in [0.05, 0.1) is 19.3 Å². The Morgan fingerprint density at radius 3 is 2.78 bits per heavy atom. The third-order valence-electron chi connectivity index (χ3n) is 1.62. The molecule has 0 saturated carbocycles. The maximum Gasteiger partial charge on any atom is 0.0646 e. The van der Waals surface area contributed by atoms with Gasteiger partial charge in [0.15, 0.2) is 0 Å². The molecule has 0 spiro atoms. The van der Waals surface area contributed by atoms with Crippen molar-refractivity contribution in [2.45, 2.75) is 12.5 Å². The zero-order valence-corrected chi connectivity index (χ0v) is 5.42. The van der Waals surface area contributed by atoms with Gasteiger partial charge < -0.3 is 9.84 Å². The summed E-state index contributed by atoms with van der Waals surface area (Å²) in [6.45, 7) is 4.98. The van der Waals surface area contributed by atoms with Crippen LogP contribution in [-0.2, 0) is 4.74 Å². The maximum absolute atomic E-state index is 9.22. The molecular weight excluding hydrogens is 116 g/mol. The molecule has 1 N–H and O–H groups in total. The minimum atomic E-state index is -0.226. The molecule has 1 heterocycles. The zero-order valence-electron chi connectivity index (χ0n) is 5.42. The van der Waals surface area contributed by atoms with Crippen LogP contribution in [0.25, 0.3) is 0 Å². The van der Waals surface area contributed by atoms with Crippen molar-refractivity contribution in [3.8, 4) is 0 Å². The topological polar surface area (TPSA) is 29.5 Å². The predicted molar refractivity (Wildman–Crippen MR) is 35.1 cm³/mol. The van der Waals surface area contributed by atoms with E-state index in [0.29, 0.717) is 12.3 Å². The molecule has 1 unspecified atom stereocenters. The monoisotopic (exact) mass is 128 g/mol. The number of aliphatic hydroxyl groups excluding tert-OH is 1. The summed E-state index contributed by atoms with van der Waals surface area (Å²) >= 11 is 0. The first-order valence-electron chi connectivity index (χ1n) is 3.21. The quantitative estimate of drug-likeness (QED) is 0.563. The van der Waals surface area contributed by atoms with Crippen molar-refractivity contribution in [2.24, 2.45) is 5.92 Å². The summed E-state index contributed by atoms with van der Waals surface area (Å²) in [6.07, 6.45) is 2.20. The van der Waals surface area contributed by atoms with Crippen LogP contribution in [0.15, 0.2) is 12.7 Å². The summed E-state index contributed by atoms with van der Waals surface area (Å²) < 4.78 is 4.91. The second-order valence-corrected chi connectivity index (χ2v) is 2.39. The van der Waals surface area contributed by atoms with Crippen molar-refractivity contribution in [3.63, 3.8) is 0 Å². The van der Waals surface area contributed by atoms with Crippen molar-refractivity contribution < 1.29 is 9.84 Å². The van der Waals surface area contributed by atoms with Crippen molar-refractivity contribution >= 4 is 0 Å². The molecule has 1 rings (SSSR count). The van der Waals surface area contributed by atoms with Crippen molar-refractivity contribution in [2.75, 3.05) is 13.2 Å². The van der Waals surface area contributed by atoms with Crippen LogP contribution in [0.3, 0.4) is 0 Å². The van der Waals surface area contributed by atoms with Gasteiger partial charge in [-0.15, -0.1) is 6.58 Å². The molecule has 2 nitrogen and oxygen atoms in total. The lowest BCUT2D eigenvalue weighted by atomic mass is 9.98. The van der Waals surface area contributed by atoms with E-state index >= 15 is 0 Å². The highest BCUT2D eigenvalue weighted by Gasteiger charge is 2.25. The fourth-order valence-electron chi connectivity index (χ4n) is 0.839. The Balaban J connectivity index is 2.15. The van der Waals surface area contributed by atoms with E-state index < -0.39 is 0 Å². The molecule has 1 saturated heterocycles. The molecule has 0 aromatic rings. The lowest BCUT2D eigenvalue weighted by molar-refractivity contribution is -0.0894. The molecule has 0 bridgehead atoms. The Morgan fingerprint density at radius 1 is 1.78 bits per heavy atom. The molecule has 0 aliphatic carbocycles. The molecule has 0 radical (unpaired) electrons. The Kier molecular flexibility index (Phi) is 2.25. The molecule has 52 valence electrons. The van der Waals surface area contributed by atoms with E-state index in [-0.39, 0.29) is 6.10 Å². The molecule has 9 heavy (non-hydrogen) atoms. The molecule has 2 heteroatoms. The average Bonchev–Trinajstić information content (AvgIpc) is 1.60. The Morgan fingerprint density at radius 2 is 2.44 bits per heavy atom. The lowest BCUT2D eigenvalue weighted by Gasteiger charge is -2.29. The summed E-state index contributed by atoms with van der Waals surface area (Å²) in [6, 6.07) is 0. The van der Waals surface area contributed by atoms with Crippen molar-refractivity contribution in [3.05, 3.63) is 12.7 Å². The number of ether oxygens (including phenoxy) is 1. The largest absolute Gasteiger partial charge is 0.392 e. The van der Waals surface area contributed by atoms with E-state index in [4.69, 9.17) is 4.74 Å². The highest BCUT2D eigenvalue weighted by atomic mass is 16.5. The second kappa shape index (κ2) is 2.99. The van der Waals surface area contributed by atoms with E-state index in [1.807, 2.05) is 0 Å². The van der Waals surface area contributed by atoms with Crippen LogP contribution in [0.5, 0.6) is 0 Å². The van der Waals surface area contributed by atoms with Gasteiger partial charge in [0.1, 0.15) is 0 Å². The van der Waals surface area contributed by atoms with E-state index in [9.17, 15) is 5.11 Å². The van der Waals surface area contributed by atoms with Gasteiger partial charge >= 0.3 is 0 Å². The average molecular weight is 128 g/mol. The molecule has 1 aliphatic heterocycles. The summed E-state index contributed by atoms with van der Waals surface area (Å²) in [4.78, 5) is 0. The van der Waals surface area contributed by atoms with Gasteiger partial charge in [0.25, 0.3) is 0 Å². The van der Waals surface area contributed by atoms with E-state index in [2.05, 4.69) is 6.58 Å². The van der Waals surface area contributed by atoms with E-state index in [1.54, 1.807) is 6.08 Å². The normalized spacial score (nSPS) is 22.8. The lowest BCUT2D eigenvalue weighted by Crippen LogP contribution is -2.37. The predicted octanol–water partition coefficient (Wildman–Crippen LogP) is 0.570. The van der Waals surface area contributed by atoms with Crippen LogP contribution < -0.4 is 0 Å². The van der Waals surface area contributed by atoms with E-state index in [1.165, 1.54) is 0 Å². The van der Waals surface area contributed by atoms with Crippen LogP contribution >= 0.6 is 0 Å². The highest BCUT2D eigenvalue weighted by molar-refractivity contribution is 4.80. The van der Waals surface area contributed by atoms with Crippen LogP contribution in [0, 0.1) is 5.92 Å². The summed E-state index contributed by atoms with van der Waals surface area (Å²) in [5.74, 6) is 0.364. The molecule has 1 atom stereocenters. The zero-order chi connectivity index (χ0) is 6.69. The Labute approximate surface area is 55.1 Å². The molecule has 0 amide bonds. The van der Waals surface area contributed by atoms with Gasteiger partial charge in [0, 0.05) is 5.92 Å².